The first-order chi connectivity index (χ1) is 15.9. The monoisotopic (exact) mass is 499 g/mol. The van der Waals surface area contributed by atoms with Crippen LogP contribution in [0, 0.1) is 0 Å². The number of benzene rings is 1. The normalized spacial score (nSPS) is 15.7. The molecule has 8 nitrogen and oxygen atoms in total. The predicted molar refractivity (Wildman–Crippen MR) is 122 cm³/mol. The number of nitrogens with two attached hydrogens (primary N) is 1. The minimum atomic E-state index is -4.54. The smallest absolute Gasteiger partial charge is 0.356 e. The van der Waals surface area contributed by atoms with Gasteiger partial charge in [-0.1, -0.05) is 30.3 Å². The van der Waals surface area contributed by atoms with Crippen molar-refractivity contribution < 1.29 is 26.4 Å². The Morgan fingerprint density at radius 1 is 1.09 bits per heavy atom. The predicted octanol–water partition coefficient (Wildman–Crippen LogP) is 2.80. The molecule has 4 N–H and O–H groups in total. The number of anilines is 1. The summed E-state index contributed by atoms with van der Waals surface area (Å²) < 4.78 is 63.8. The van der Waals surface area contributed by atoms with Crippen molar-refractivity contribution >= 4 is 21.9 Å². The zero-order chi connectivity index (χ0) is 24.9. The number of halogens is 3. The van der Waals surface area contributed by atoms with Gasteiger partial charge in [-0.3, -0.25) is 4.79 Å². The second kappa shape index (κ2) is 10.7. The second-order valence-electron chi connectivity index (χ2n) is 8.27. The van der Waals surface area contributed by atoms with Gasteiger partial charge >= 0.3 is 6.18 Å². The zero-order valence-corrected chi connectivity index (χ0v) is 19.5. The Bertz CT molecular complexity index is 1100. The van der Waals surface area contributed by atoms with Gasteiger partial charge in [-0.25, -0.2) is 10.1 Å². The molecule has 1 unspecified atom stereocenters. The fourth-order valence-electron chi connectivity index (χ4n) is 3.75. The molecule has 186 valence electrons. The molecular weight excluding hydrogens is 471 g/mol. The van der Waals surface area contributed by atoms with Crippen LogP contribution in [-0.4, -0.2) is 32.4 Å². The van der Waals surface area contributed by atoms with Crippen LogP contribution < -0.4 is 20.1 Å². The average molecular weight is 500 g/mol. The number of carbonyl (C=O) groups excluding carboxylic acids is 1. The van der Waals surface area contributed by atoms with E-state index in [2.05, 4.69) is 15.0 Å². The quantitative estimate of drug-likeness (QED) is 0.516. The first-order valence-electron chi connectivity index (χ1n) is 10.9. The molecule has 0 spiro atoms. The minimum Gasteiger partial charge on any atom is -0.356 e. The highest BCUT2D eigenvalue weighted by molar-refractivity contribution is 7.87. The Labute approximate surface area is 196 Å². The van der Waals surface area contributed by atoms with Crippen LogP contribution in [0.25, 0.3) is 0 Å². The number of amides is 1. The molecule has 1 amide bonds. The lowest BCUT2D eigenvalue weighted by molar-refractivity contribution is -0.141. The highest BCUT2D eigenvalue weighted by atomic mass is 32.2. The number of nitrogens with one attached hydrogen (secondary N) is 2. The number of nitrogens with zero attached hydrogens (tertiary/aromatic N) is 2. The van der Waals surface area contributed by atoms with Crippen LogP contribution in [0.5, 0.6) is 0 Å². The molecule has 1 aliphatic rings. The topological polar surface area (TPSA) is 117 Å². The summed E-state index contributed by atoms with van der Waals surface area (Å²) >= 11 is 0. The van der Waals surface area contributed by atoms with E-state index in [1.54, 1.807) is 31.2 Å². The van der Waals surface area contributed by atoms with Gasteiger partial charge in [0.25, 0.3) is 10.2 Å². The van der Waals surface area contributed by atoms with Gasteiger partial charge in [0, 0.05) is 31.7 Å². The van der Waals surface area contributed by atoms with Gasteiger partial charge in [0.2, 0.25) is 5.91 Å². The number of pyridine rings is 1. The van der Waals surface area contributed by atoms with E-state index in [-0.39, 0.29) is 24.8 Å². The molecule has 0 bridgehead atoms. The van der Waals surface area contributed by atoms with Crippen molar-refractivity contribution in [1.29, 1.82) is 0 Å². The molecule has 12 heteroatoms. The van der Waals surface area contributed by atoms with Crippen LogP contribution in [0.3, 0.4) is 0 Å². The molecule has 3 rings (SSSR count). The SMILES string of the molecule is CC(C(=O)NCc1ccc(C(F)(F)F)nc1N1CCCCC1)c1ccc(CNS(N)(=O)=O)cc1. The molecule has 34 heavy (non-hydrogen) atoms. The summed E-state index contributed by atoms with van der Waals surface area (Å²) in [5.74, 6) is -0.560. The van der Waals surface area contributed by atoms with E-state index in [1.165, 1.54) is 6.07 Å². The molecule has 0 saturated carbocycles. The number of carbonyl (C=O) groups is 1. The lowest BCUT2D eigenvalue weighted by Gasteiger charge is -2.30. The van der Waals surface area contributed by atoms with Crippen molar-refractivity contribution in [2.24, 2.45) is 5.14 Å². The maximum atomic E-state index is 13.2. The molecule has 0 radical (unpaired) electrons. The number of aromatic nitrogens is 1. The number of hydrogen-bond donors (Lipinski definition) is 3. The van der Waals surface area contributed by atoms with E-state index in [1.807, 2.05) is 4.90 Å². The van der Waals surface area contributed by atoms with Crippen molar-refractivity contribution in [1.82, 2.24) is 15.0 Å². The summed E-state index contributed by atoms with van der Waals surface area (Å²) in [7, 11) is -3.80. The maximum absolute atomic E-state index is 13.2. The fraction of sp³-hybridized carbons (Fsp3) is 0.455. The lowest BCUT2D eigenvalue weighted by Crippen LogP contribution is -2.33. The fourth-order valence-corrected chi connectivity index (χ4v) is 4.12. The van der Waals surface area contributed by atoms with E-state index in [0.717, 1.165) is 25.3 Å². The lowest BCUT2D eigenvalue weighted by atomic mass is 9.99. The molecule has 2 aromatic rings. The average Bonchev–Trinajstić information content (AvgIpc) is 2.80. The standard InChI is InChI=1S/C22H28F3N5O3S/c1-15(17-7-5-16(6-8-17)13-28-34(26,32)33)21(31)27-14-18-9-10-19(22(23,24)25)29-20(18)30-11-3-2-4-12-30/h5-10,15,28H,2-4,11-14H2,1H3,(H,27,31)(H2,26,32,33). The highest BCUT2D eigenvalue weighted by Gasteiger charge is 2.34. The summed E-state index contributed by atoms with van der Waals surface area (Å²) in [6.07, 6.45) is -1.76. The van der Waals surface area contributed by atoms with E-state index < -0.39 is 28.0 Å². The van der Waals surface area contributed by atoms with Crippen LogP contribution >= 0.6 is 0 Å². The molecule has 1 saturated heterocycles. The highest BCUT2D eigenvalue weighted by Crippen LogP contribution is 2.31. The van der Waals surface area contributed by atoms with Gasteiger partial charge < -0.3 is 10.2 Å². The molecule has 2 heterocycles. The summed E-state index contributed by atoms with van der Waals surface area (Å²) in [4.78, 5) is 18.5. The largest absolute Gasteiger partial charge is 0.433 e. The third kappa shape index (κ3) is 7.15. The number of hydrogen-bond acceptors (Lipinski definition) is 5. The number of alkyl halides is 3. The second-order valence-corrected chi connectivity index (χ2v) is 9.65. The van der Waals surface area contributed by atoms with Crippen LogP contribution in [0.4, 0.5) is 19.0 Å². The minimum absolute atomic E-state index is 0.0277. The maximum Gasteiger partial charge on any atom is 0.433 e. The van der Waals surface area contributed by atoms with Crippen molar-refractivity contribution in [3.63, 3.8) is 0 Å². The van der Waals surface area contributed by atoms with E-state index >= 15 is 0 Å². The molecular formula is C22H28F3N5O3S. The van der Waals surface area contributed by atoms with Crippen LogP contribution in [0.1, 0.15) is 54.5 Å². The van der Waals surface area contributed by atoms with Gasteiger partial charge in [-0.05, 0) is 43.4 Å². The summed E-state index contributed by atoms with van der Waals surface area (Å²) in [5.41, 5.74) is 0.958. The molecule has 1 fully saturated rings. The number of rotatable bonds is 8. The Kier molecular flexibility index (Phi) is 8.16. The summed E-state index contributed by atoms with van der Waals surface area (Å²) in [6.45, 7) is 3.04. The Hall–Kier alpha value is -2.70. The summed E-state index contributed by atoms with van der Waals surface area (Å²) in [6, 6.07) is 9.11. The number of piperidine rings is 1. The van der Waals surface area contributed by atoms with Crippen LogP contribution in [0.2, 0.25) is 0 Å². The van der Waals surface area contributed by atoms with Gasteiger partial charge in [0.15, 0.2) is 0 Å². The van der Waals surface area contributed by atoms with Crippen molar-refractivity contribution in [2.75, 3.05) is 18.0 Å². The Balaban J connectivity index is 1.68. The van der Waals surface area contributed by atoms with Crippen molar-refractivity contribution in [2.45, 2.75) is 51.4 Å². The molecule has 1 aliphatic heterocycles. The van der Waals surface area contributed by atoms with Gasteiger partial charge in [-0.15, -0.1) is 0 Å². The Morgan fingerprint density at radius 3 is 2.32 bits per heavy atom. The first-order valence-corrected chi connectivity index (χ1v) is 12.4. The Morgan fingerprint density at radius 2 is 1.74 bits per heavy atom. The van der Waals surface area contributed by atoms with E-state index in [4.69, 9.17) is 5.14 Å². The van der Waals surface area contributed by atoms with Gasteiger partial charge in [0.05, 0.1) is 5.92 Å². The first kappa shape index (κ1) is 25.9. The van der Waals surface area contributed by atoms with E-state index in [9.17, 15) is 26.4 Å². The van der Waals surface area contributed by atoms with Gasteiger partial charge in [-0.2, -0.15) is 26.3 Å². The van der Waals surface area contributed by atoms with Crippen molar-refractivity contribution in [3.8, 4) is 0 Å². The molecule has 1 aromatic carbocycles. The third-order valence-corrected chi connectivity index (χ3v) is 6.25. The third-order valence-electron chi connectivity index (χ3n) is 5.71. The summed E-state index contributed by atoms with van der Waals surface area (Å²) in [5, 5.41) is 7.71. The molecule has 0 aliphatic carbocycles. The van der Waals surface area contributed by atoms with Crippen molar-refractivity contribution in [3.05, 3.63) is 58.8 Å². The van der Waals surface area contributed by atoms with Gasteiger partial charge in [0.1, 0.15) is 11.5 Å². The zero-order valence-electron chi connectivity index (χ0n) is 18.7. The molecule has 1 aromatic heterocycles. The van der Waals surface area contributed by atoms with Crippen LogP contribution in [-0.2, 0) is 34.3 Å². The van der Waals surface area contributed by atoms with Crippen LogP contribution in [0.15, 0.2) is 36.4 Å². The molecule has 1 atom stereocenters. The van der Waals surface area contributed by atoms with E-state index in [0.29, 0.717) is 29.8 Å².